The van der Waals surface area contributed by atoms with Crippen molar-refractivity contribution in [3.63, 3.8) is 0 Å². The summed E-state index contributed by atoms with van der Waals surface area (Å²) < 4.78 is 4.79. The molecule has 0 aliphatic rings. The average molecular weight is 284 g/mol. The van der Waals surface area contributed by atoms with E-state index in [0.29, 0.717) is 17.2 Å². The second kappa shape index (κ2) is 6.79. The van der Waals surface area contributed by atoms with Crippen LogP contribution in [0, 0.1) is 0 Å². The molecule has 2 aromatic carbocycles. The van der Waals surface area contributed by atoms with Crippen molar-refractivity contribution in [3.05, 3.63) is 59.7 Å². The van der Waals surface area contributed by atoms with E-state index in [9.17, 15) is 4.79 Å². The third kappa shape index (κ3) is 3.75. The van der Waals surface area contributed by atoms with Gasteiger partial charge in [-0.25, -0.2) is 4.79 Å². The Morgan fingerprint density at radius 1 is 1.24 bits per heavy atom. The minimum atomic E-state index is -0.392. The second-order valence-electron chi connectivity index (χ2n) is 4.99. The Balaban J connectivity index is 2.11. The number of esters is 1. The van der Waals surface area contributed by atoms with E-state index in [1.54, 1.807) is 18.2 Å². The SMILES string of the molecule is COC(=O)c1cc(N)ccc1NCC(C)c1ccccc1. The summed E-state index contributed by atoms with van der Waals surface area (Å²) in [5.74, 6) is -0.0635. The largest absolute Gasteiger partial charge is 0.465 e. The van der Waals surface area contributed by atoms with Crippen LogP contribution in [-0.2, 0) is 4.74 Å². The smallest absolute Gasteiger partial charge is 0.340 e. The molecule has 4 nitrogen and oxygen atoms in total. The van der Waals surface area contributed by atoms with Crippen molar-refractivity contribution >= 4 is 17.3 Å². The Morgan fingerprint density at radius 3 is 2.62 bits per heavy atom. The topological polar surface area (TPSA) is 64.3 Å². The van der Waals surface area contributed by atoms with Crippen molar-refractivity contribution in [2.45, 2.75) is 12.8 Å². The Morgan fingerprint density at radius 2 is 1.95 bits per heavy atom. The van der Waals surface area contributed by atoms with E-state index in [2.05, 4.69) is 24.4 Å². The quantitative estimate of drug-likeness (QED) is 0.653. The zero-order valence-corrected chi connectivity index (χ0v) is 12.3. The van der Waals surface area contributed by atoms with Crippen LogP contribution in [0.1, 0.15) is 28.8 Å². The molecule has 110 valence electrons. The molecule has 4 heteroatoms. The van der Waals surface area contributed by atoms with Gasteiger partial charge in [-0.15, -0.1) is 0 Å². The lowest BCUT2D eigenvalue weighted by atomic mass is 10.0. The summed E-state index contributed by atoms with van der Waals surface area (Å²) in [6.07, 6.45) is 0. The molecule has 0 saturated heterocycles. The molecule has 0 aliphatic heterocycles. The van der Waals surface area contributed by atoms with E-state index >= 15 is 0 Å². The molecule has 0 bridgehead atoms. The summed E-state index contributed by atoms with van der Waals surface area (Å²) in [6.45, 7) is 2.86. The van der Waals surface area contributed by atoms with Crippen LogP contribution >= 0.6 is 0 Å². The minimum Gasteiger partial charge on any atom is -0.465 e. The van der Waals surface area contributed by atoms with E-state index in [0.717, 1.165) is 12.2 Å². The molecule has 2 aromatic rings. The molecule has 0 aromatic heterocycles. The summed E-state index contributed by atoms with van der Waals surface area (Å²) in [5.41, 5.74) is 8.71. The predicted octanol–water partition coefficient (Wildman–Crippen LogP) is 3.27. The van der Waals surface area contributed by atoms with Gasteiger partial charge in [0.15, 0.2) is 0 Å². The lowest BCUT2D eigenvalue weighted by molar-refractivity contribution is 0.0602. The van der Waals surface area contributed by atoms with Gasteiger partial charge in [0.25, 0.3) is 0 Å². The van der Waals surface area contributed by atoms with E-state index in [1.807, 2.05) is 18.2 Å². The predicted molar refractivity (Wildman–Crippen MR) is 85.5 cm³/mol. The monoisotopic (exact) mass is 284 g/mol. The molecule has 0 radical (unpaired) electrons. The number of hydrogen-bond donors (Lipinski definition) is 2. The number of rotatable bonds is 5. The van der Waals surface area contributed by atoms with Gasteiger partial charge in [-0.1, -0.05) is 37.3 Å². The van der Waals surface area contributed by atoms with Gasteiger partial charge < -0.3 is 15.8 Å². The maximum atomic E-state index is 11.8. The van der Waals surface area contributed by atoms with Gasteiger partial charge in [-0.2, -0.15) is 0 Å². The molecular formula is C17H20N2O2. The molecule has 2 rings (SSSR count). The van der Waals surface area contributed by atoms with Crippen molar-refractivity contribution < 1.29 is 9.53 Å². The Hall–Kier alpha value is -2.49. The highest BCUT2D eigenvalue weighted by Crippen LogP contribution is 2.22. The second-order valence-corrected chi connectivity index (χ2v) is 4.99. The van der Waals surface area contributed by atoms with Crippen LogP contribution in [-0.4, -0.2) is 19.6 Å². The van der Waals surface area contributed by atoms with Crippen molar-refractivity contribution in [1.29, 1.82) is 0 Å². The minimum absolute atomic E-state index is 0.328. The number of methoxy groups -OCH3 is 1. The zero-order chi connectivity index (χ0) is 15.2. The number of nitrogens with two attached hydrogens (primary N) is 1. The first kappa shape index (κ1) is 14.9. The van der Waals surface area contributed by atoms with Crippen LogP contribution in [0.3, 0.4) is 0 Å². The Labute approximate surface area is 124 Å². The van der Waals surface area contributed by atoms with Crippen LogP contribution in [0.25, 0.3) is 0 Å². The molecule has 1 unspecified atom stereocenters. The van der Waals surface area contributed by atoms with Gasteiger partial charge in [-0.3, -0.25) is 0 Å². The molecular weight excluding hydrogens is 264 g/mol. The van der Waals surface area contributed by atoms with E-state index < -0.39 is 5.97 Å². The summed E-state index contributed by atoms with van der Waals surface area (Å²) in [4.78, 5) is 11.8. The fourth-order valence-electron chi connectivity index (χ4n) is 2.16. The van der Waals surface area contributed by atoms with Gasteiger partial charge in [-0.05, 0) is 29.7 Å². The van der Waals surface area contributed by atoms with Crippen LogP contribution < -0.4 is 11.1 Å². The zero-order valence-electron chi connectivity index (χ0n) is 12.3. The number of carbonyl (C=O) groups is 1. The molecule has 1 atom stereocenters. The molecule has 0 fully saturated rings. The van der Waals surface area contributed by atoms with E-state index in [-0.39, 0.29) is 0 Å². The fraction of sp³-hybridized carbons (Fsp3) is 0.235. The van der Waals surface area contributed by atoms with Crippen LogP contribution in [0.2, 0.25) is 0 Å². The lowest BCUT2D eigenvalue weighted by Gasteiger charge is -2.16. The lowest BCUT2D eigenvalue weighted by Crippen LogP contribution is -2.13. The summed E-state index contributed by atoms with van der Waals surface area (Å²) in [7, 11) is 1.36. The van der Waals surface area contributed by atoms with Crippen molar-refractivity contribution in [1.82, 2.24) is 0 Å². The van der Waals surface area contributed by atoms with Crippen molar-refractivity contribution in [3.8, 4) is 0 Å². The number of carbonyl (C=O) groups excluding carboxylic acids is 1. The highest BCUT2D eigenvalue weighted by molar-refractivity contribution is 5.96. The number of benzene rings is 2. The Kier molecular flexibility index (Phi) is 4.82. The highest BCUT2D eigenvalue weighted by Gasteiger charge is 2.13. The van der Waals surface area contributed by atoms with Gasteiger partial charge in [0, 0.05) is 17.9 Å². The molecule has 0 spiro atoms. The van der Waals surface area contributed by atoms with Crippen molar-refractivity contribution in [2.75, 3.05) is 24.7 Å². The first-order valence-corrected chi connectivity index (χ1v) is 6.88. The standard InChI is InChI=1S/C17H20N2O2/c1-12(13-6-4-3-5-7-13)11-19-16-9-8-14(18)10-15(16)17(20)21-2/h3-10,12,19H,11,18H2,1-2H3. The number of nitrogens with one attached hydrogen (secondary N) is 1. The molecule has 0 saturated carbocycles. The van der Waals surface area contributed by atoms with Gasteiger partial charge in [0.2, 0.25) is 0 Å². The maximum Gasteiger partial charge on any atom is 0.340 e. The summed E-state index contributed by atoms with van der Waals surface area (Å²) >= 11 is 0. The van der Waals surface area contributed by atoms with Crippen LogP contribution in [0.15, 0.2) is 48.5 Å². The maximum absolute atomic E-state index is 11.8. The van der Waals surface area contributed by atoms with E-state index in [1.165, 1.54) is 12.7 Å². The van der Waals surface area contributed by atoms with E-state index in [4.69, 9.17) is 10.5 Å². The fourth-order valence-corrected chi connectivity index (χ4v) is 2.16. The molecule has 0 amide bonds. The molecule has 0 heterocycles. The average Bonchev–Trinajstić information content (AvgIpc) is 2.53. The van der Waals surface area contributed by atoms with Crippen molar-refractivity contribution in [2.24, 2.45) is 0 Å². The number of ether oxygens (including phenoxy) is 1. The number of hydrogen-bond acceptors (Lipinski definition) is 4. The summed E-state index contributed by atoms with van der Waals surface area (Å²) in [5, 5.41) is 3.30. The Bertz CT molecular complexity index is 611. The normalized spacial score (nSPS) is 11.7. The number of anilines is 2. The first-order chi connectivity index (χ1) is 10.1. The highest BCUT2D eigenvalue weighted by atomic mass is 16.5. The van der Waals surface area contributed by atoms with Gasteiger partial charge in [0.05, 0.1) is 12.7 Å². The third-order valence-electron chi connectivity index (χ3n) is 3.42. The first-order valence-electron chi connectivity index (χ1n) is 6.88. The third-order valence-corrected chi connectivity index (χ3v) is 3.42. The van der Waals surface area contributed by atoms with Gasteiger partial charge >= 0.3 is 5.97 Å². The van der Waals surface area contributed by atoms with Gasteiger partial charge in [0.1, 0.15) is 0 Å². The molecule has 3 N–H and O–H groups in total. The van der Waals surface area contributed by atoms with Crippen LogP contribution in [0.4, 0.5) is 11.4 Å². The van der Waals surface area contributed by atoms with Crippen LogP contribution in [0.5, 0.6) is 0 Å². The molecule has 21 heavy (non-hydrogen) atoms. The molecule has 0 aliphatic carbocycles. The number of nitrogen functional groups attached to an aromatic ring is 1. The summed E-state index contributed by atoms with van der Waals surface area (Å²) in [6, 6.07) is 15.4.